The first-order valence-corrected chi connectivity index (χ1v) is 5.65. The highest BCUT2D eigenvalue weighted by Gasteiger charge is 2.35. The molecular weight excluding hydrogens is 162 g/mol. The highest BCUT2D eigenvalue weighted by Crippen LogP contribution is 2.36. The quantitative estimate of drug-likeness (QED) is 0.661. The van der Waals surface area contributed by atoms with Gasteiger partial charge in [-0.3, -0.25) is 0 Å². The number of aliphatic hydroxyl groups is 1. The predicted octanol–water partition coefficient (Wildman–Crippen LogP) is 2.06. The van der Waals surface area contributed by atoms with Crippen molar-refractivity contribution in [1.29, 1.82) is 0 Å². The Labute approximate surface area is 81.5 Å². The van der Waals surface area contributed by atoms with Crippen molar-refractivity contribution in [2.45, 2.75) is 57.5 Å². The molecule has 1 aliphatic carbocycles. The minimum Gasteiger partial charge on any atom is -0.390 e. The van der Waals surface area contributed by atoms with E-state index >= 15 is 0 Å². The van der Waals surface area contributed by atoms with E-state index in [2.05, 4.69) is 6.92 Å². The molecule has 0 radical (unpaired) electrons. The molecule has 1 rings (SSSR count). The first-order valence-electron chi connectivity index (χ1n) is 5.65. The number of hydrogen-bond donors (Lipinski definition) is 2. The standard InChI is InChI=1S/C11H23NO/c1-2-10-6-4-3-5-7-11(10,13)8-9-12/h10,13H,2-9,12H2,1H3. The van der Waals surface area contributed by atoms with Crippen molar-refractivity contribution in [2.24, 2.45) is 11.7 Å². The lowest BCUT2D eigenvalue weighted by Gasteiger charge is -2.34. The van der Waals surface area contributed by atoms with Crippen LogP contribution >= 0.6 is 0 Å². The van der Waals surface area contributed by atoms with Gasteiger partial charge in [-0.05, 0) is 31.7 Å². The second-order valence-electron chi connectivity index (χ2n) is 4.35. The van der Waals surface area contributed by atoms with Crippen molar-refractivity contribution in [3.63, 3.8) is 0 Å². The van der Waals surface area contributed by atoms with E-state index in [0.717, 1.165) is 19.3 Å². The van der Waals surface area contributed by atoms with Gasteiger partial charge >= 0.3 is 0 Å². The van der Waals surface area contributed by atoms with Crippen molar-refractivity contribution in [1.82, 2.24) is 0 Å². The van der Waals surface area contributed by atoms with Crippen LogP contribution in [0.5, 0.6) is 0 Å². The summed E-state index contributed by atoms with van der Waals surface area (Å²) in [6.07, 6.45) is 7.76. The second kappa shape index (κ2) is 4.97. The second-order valence-corrected chi connectivity index (χ2v) is 4.35. The molecule has 1 fully saturated rings. The molecule has 0 amide bonds. The highest BCUT2D eigenvalue weighted by atomic mass is 16.3. The van der Waals surface area contributed by atoms with Crippen molar-refractivity contribution in [3.05, 3.63) is 0 Å². The maximum absolute atomic E-state index is 10.4. The van der Waals surface area contributed by atoms with Gasteiger partial charge in [0.05, 0.1) is 5.60 Å². The molecule has 0 aromatic heterocycles. The van der Waals surface area contributed by atoms with Crippen LogP contribution < -0.4 is 5.73 Å². The Kier molecular flexibility index (Phi) is 4.20. The smallest absolute Gasteiger partial charge is 0.0687 e. The Morgan fingerprint density at radius 1 is 1.38 bits per heavy atom. The van der Waals surface area contributed by atoms with Crippen LogP contribution in [-0.2, 0) is 0 Å². The topological polar surface area (TPSA) is 46.2 Å². The zero-order valence-corrected chi connectivity index (χ0v) is 8.76. The fraction of sp³-hybridized carbons (Fsp3) is 1.00. The van der Waals surface area contributed by atoms with Gasteiger partial charge in [-0.25, -0.2) is 0 Å². The van der Waals surface area contributed by atoms with Crippen LogP contribution in [0.25, 0.3) is 0 Å². The Balaban J connectivity index is 2.62. The third-order valence-corrected chi connectivity index (χ3v) is 3.49. The van der Waals surface area contributed by atoms with Crippen LogP contribution in [0.4, 0.5) is 0 Å². The molecule has 1 saturated carbocycles. The van der Waals surface area contributed by atoms with Crippen LogP contribution in [0.1, 0.15) is 51.9 Å². The van der Waals surface area contributed by atoms with Crippen LogP contribution in [0.2, 0.25) is 0 Å². The van der Waals surface area contributed by atoms with Gasteiger partial charge in [-0.15, -0.1) is 0 Å². The zero-order valence-electron chi connectivity index (χ0n) is 8.76. The molecule has 2 nitrogen and oxygen atoms in total. The average molecular weight is 185 g/mol. The van der Waals surface area contributed by atoms with Gasteiger partial charge in [0.25, 0.3) is 0 Å². The minimum atomic E-state index is -0.444. The monoisotopic (exact) mass is 185 g/mol. The SMILES string of the molecule is CCC1CCCCCC1(O)CCN. The summed E-state index contributed by atoms with van der Waals surface area (Å²) in [5.41, 5.74) is 5.11. The van der Waals surface area contributed by atoms with Gasteiger partial charge < -0.3 is 10.8 Å². The van der Waals surface area contributed by atoms with E-state index in [1.165, 1.54) is 25.7 Å². The fourth-order valence-electron chi connectivity index (χ4n) is 2.63. The summed E-state index contributed by atoms with van der Waals surface area (Å²) in [7, 11) is 0. The largest absolute Gasteiger partial charge is 0.390 e. The molecule has 0 saturated heterocycles. The van der Waals surface area contributed by atoms with Crippen LogP contribution in [0.3, 0.4) is 0 Å². The van der Waals surface area contributed by atoms with Gasteiger partial charge in [0.1, 0.15) is 0 Å². The van der Waals surface area contributed by atoms with Crippen molar-refractivity contribution < 1.29 is 5.11 Å². The number of rotatable bonds is 3. The van der Waals surface area contributed by atoms with E-state index in [1.807, 2.05) is 0 Å². The average Bonchev–Trinajstić information content (AvgIpc) is 2.27. The Morgan fingerprint density at radius 2 is 2.15 bits per heavy atom. The maximum Gasteiger partial charge on any atom is 0.0687 e. The summed E-state index contributed by atoms with van der Waals surface area (Å²) in [5.74, 6) is 0.485. The van der Waals surface area contributed by atoms with Crippen molar-refractivity contribution in [3.8, 4) is 0 Å². The van der Waals surface area contributed by atoms with E-state index in [1.54, 1.807) is 0 Å². The predicted molar refractivity (Wildman–Crippen MR) is 55.5 cm³/mol. The van der Waals surface area contributed by atoms with Crippen LogP contribution in [0.15, 0.2) is 0 Å². The molecule has 2 unspecified atom stereocenters. The van der Waals surface area contributed by atoms with Gasteiger partial charge in [0, 0.05) is 0 Å². The van der Waals surface area contributed by atoms with Gasteiger partial charge in [0.2, 0.25) is 0 Å². The molecule has 78 valence electrons. The molecule has 0 heterocycles. The molecule has 2 atom stereocenters. The maximum atomic E-state index is 10.4. The van der Waals surface area contributed by atoms with Gasteiger partial charge in [0.15, 0.2) is 0 Å². The third-order valence-electron chi connectivity index (χ3n) is 3.49. The summed E-state index contributed by atoms with van der Waals surface area (Å²) in [6, 6.07) is 0. The fourth-order valence-corrected chi connectivity index (χ4v) is 2.63. The molecule has 0 aromatic rings. The normalized spacial score (nSPS) is 35.8. The third kappa shape index (κ3) is 2.68. The van der Waals surface area contributed by atoms with E-state index in [4.69, 9.17) is 5.73 Å². The molecule has 0 aliphatic heterocycles. The molecule has 0 aromatic carbocycles. The van der Waals surface area contributed by atoms with E-state index in [0.29, 0.717) is 12.5 Å². The zero-order chi connectivity index (χ0) is 9.73. The Morgan fingerprint density at radius 3 is 2.77 bits per heavy atom. The lowest BCUT2D eigenvalue weighted by molar-refractivity contribution is -0.0315. The summed E-state index contributed by atoms with van der Waals surface area (Å²) < 4.78 is 0. The minimum absolute atomic E-state index is 0.444. The molecule has 13 heavy (non-hydrogen) atoms. The van der Waals surface area contributed by atoms with Crippen LogP contribution in [-0.4, -0.2) is 17.3 Å². The van der Waals surface area contributed by atoms with Crippen LogP contribution in [0, 0.1) is 5.92 Å². The van der Waals surface area contributed by atoms with Gasteiger partial charge in [-0.2, -0.15) is 0 Å². The number of hydrogen-bond acceptors (Lipinski definition) is 2. The molecule has 2 heteroatoms. The lowest BCUT2D eigenvalue weighted by Crippen LogP contribution is -2.38. The first-order chi connectivity index (χ1) is 6.23. The molecule has 0 spiro atoms. The molecule has 1 aliphatic rings. The van der Waals surface area contributed by atoms with Crippen molar-refractivity contribution >= 4 is 0 Å². The van der Waals surface area contributed by atoms with E-state index in [9.17, 15) is 5.11 Å². The molecular formula is C11H23NO. The highest BCUT2D eigenvalue weighted by molar-refractivity contribution is 4.88. The molecule has 0 bridgehead atoms. The van der Waals surface area contributed by atoms with E-state index in [-0.39, 0.29) is 0 Å². The summed E-state index contributed by atoms with van der Waals surface area (Å²) in [4.78, 5) is 0. The van der Waals surface area contributed by atoms with Gasteiger partial charge in [-0.1, -0.05) is 32.6 Å². The molecule has 3 N–H and O–H groups in total. The Bertz CT molecular complexity index is 149. The summed E-state index contributed by atoms with van der Waals surface area (Å²) >= 11 is 0. The lowest BCUT2D eigenvalue weighted by atomic mass is 9.79. The Hall–Kier alpha value is -0.0800. The summed E-state index contributed by atoms with van der Waals surface area (Å²) in [5, 5.41) is 10.4. The van der Waals surface area contributed by atoms with E-state index < -0.39 is 5.60 Å². The summed E-state index contributed by atoms with van der Waals surface area (Å²) in [6.45, 7) is 2.80. The number of nitrogens with two attached hydrogens (primary N) is 1. The van der Waals surface area contributed by atoms with Crippen molar-refractivity contribution in [2.75, 3.05) is 6.54 Å². The first kappa shape index (κ1) is 11.0.